The Morgan fingerprint density at radius 1 is 1.14 bits per heavy atom. The van der Waals surface area contributed by atoms with E-state index >= 15 is 0 Å². The topological polar surface area (TPSA) is 12.0 Å². The lowest BCUT2D eigenvalue weighted by atomic mass is 9.89. The van der Waals surface area contributed by atoms with Crippen molar-refractivity contribution in [2.45, 2.75) is 122 Å². The zero-order chi connectivity index (χ0) is 21.7. The van der Waals surface area contributed by atoms with Crippen molar-refractivity contribution < 1.29 is 0 Å². The van der Waals surface area contributed by atoms with Crippen molar-refractivity contribution in [2.24, 2.45) is 17.8 Å². The number of hydrogen-bond acceptors (Lipinski definition) is 1. The first-order valence-electron chi connectivity index (χ1n) is 12.7. The van der Waals surface area contributed by atoms with Crippen LogP contribution < -0.4 is 5.32 Å². The quantitative estimate of drug-likeness (QED) is 0.225. The molecule has 0 saturated heterocycles. The summed E-state index contributed by atoms with van der Waals surface area (Å²) in [6.07, 6.45) is 21.4. The molecule has 0 saturated carbocycles. The van der Waals surface area contributed by atoms with Gasteiger partial charge >= 0.3 is 0 Å². The molecule has 0 aliphatic heterocycles. The van der Waals surface area contributed by atoms with Gasteiger partial charge in [-0.05, 0) is 106 Å². The van der Waals surface area contributed by atoms with Gasteiger partial charge in [0.25, 0.3) is 0 Å². The van der Waals surface area contributed by atoms with Crippen molar-refractivity contribution in [3.05, 3.63) is 12.2 Å². The second-order valence-corrected chi connectivity index (χ2v) is 12.7. The van der Waals surface area contributed by atoms with Gasteiger partial charge in [-0.15, -0.1) is 17.8 Å². The third-order valence-corrected chi connectivity index (χ3v) is 10.8. The summed E-state index contributed by atoms with van der Waals surface area (Å²) in [7, 11) is 6.30. The van der Waals surface area contributed by atoms with Crippen LogP contribution in [0.15, 0.2) is 12.2 Å². The predicted octanol–water partition coefficient (Wildman–Crippen LogP) is 8.04. The second-order valence-electron chi connectivity index (χ2n) is 10.1. The SMILES string of the molecule is CCC(CC)(CCC(CCC(C)C)NC)PC1C(C)C=CCCCCC1CCP. The van der Waals surface area contributed by atoms with Gasteiger partial charge in [-0.1, -0.05) is 53.2 Å². The summed E-state index contributed by atoms with van der Waals surface area (Å²) in [5, 5.41) is 4.18. The van der Waals surface area contributed by atoms with Crippen LogP contribution in [0.25, 0.3) is 0 Å². The van der Waals surface area contributed by atoms with Gasteiger partial charge < -0.3 is 5.32 Å². The van der Waals surface area contributed by atoms with Crippen molar-refractivity contribution in [1.29, 1.82) is 0 Å². The second kappa shape index (κ2) is 15.4. The van der Waals surface area contributed by atoms with Crippen molar-refractivity contribution in [2.75, 3.05) is 13.2 Å². The summed E-state index contributed by atoms with van der Waals surface area (Å²) >= 11 is 0. The highest BCUT2D eigenvalue weighted by Crippen LogP contribution is 2.51. The molecule has 0 bridgehead atoms. The fraction of sp³-hybridized carbons (Fsp3) is 0.923. The minimum Gasteiger partial charge on any atom is -0.317 e. The summed E-state index contributed by atoms with van der Waals surface area (Å²) in [6.45, 7) is 12.2. The fourth-order valence-corrected chi connectivity index (χ4v) is 7.92. The molecule has 1 aliphatic carbocycles. The Kier molecular flexibility index (Phi) is 14.6. The zero-order valence-electron chi connectivity index (χ0n) is 20.6. The predicted molar refractivity (Wildman–Crippen MR) is 141 cm³/mol. The Labute approximate surface area is 188 Å². The maximum Gasteiger partial charge on any atom is 0.00644 e. The van der Waals surface area contributed by atoms with Gasteiger partial charge in [-0.25, -0.2) is 0 Å². The molecule has 1 N–H and O–H groups in total. The molecule has 1 rings (SSSR count). The lowest BCUT2D eigenvalue weighted by Gasteiger charge is -2.41. The maximum atomic E-state index is 3.64. The Hall–Kier alpha value is 0.560. The van der Waals surface area contributed by atoms with Crippen LogP contribution in [0.3, 0.4) is 0 Å². The van der Waals surface area contributed by atoms with Crippen LogP contribution in [0, 0.1) is 17.8 Å². The lowest BCUT2D eigenvalue weighted by molar-refractivity contribution is 0.370. The van der Waals surface area contributed by atoms with Gasteiger partial charge in [0.15, 0.2) is 0 Å². The van der Waals surface area contributed by atoms with Crippen molar-refractivity contribution in [3.63, 3.8) is 0 Å². The summed E-state index contributed by atoms with van der Waals surface area (Å²) in [6, 6.07) is 0.695. The molecule has 1 aliphatic rings. The number of allylic oxidation sites excluding steroid dienone is 2. The highest BCUT2D eigenvalue weighted by Gasteiger charge is 2.35. The molecule has 0 aromatic carbocycles. The van der Waals surface area contributed by atoms with Gasteiger partial charge in [0, 0.05) is 6.04 Å². The van der Waals surface area contributed by atoms with Gasteiger partial charge in [0.05, 0.1) is 0 Å². The molecule has 0 spiro atoms. The van der Waals surface area contributed by atoms with E-state index in [-0.39, 0.29) is 0 Å². The van der Waals surface area contributed by atoms with Crippen molar-refractivity contribution in [3.8, 4) is 0 Å². The van der Waals surface area contributed by atoms with E-state index in [2.05, 4.69) is 68.4 Å². The number of rotatable bonds is 13. The molecule has 0 heterocycles. The average molecular weight is 442 g/mol. The number of hydrogen-bond donors (Lipinski definition) is 1. The molecular weight excluding hydrogens is 388 g/mol. The van der Waals surface area contributed by atoms with Gasteiger partial charge in [0.2, 0.25) is 0 Å². The lowest BCUT2D eigenvalue weighted by Crippen LogP contribution is -2.34. The highest BCUT2D eigenvalue weighted by atomic mass is 31.1. The third-order valence-electron chi connectivity index (χ3n) is 7.55. The monoisotopic (exact) mass is 441 g/mol. The molecular formula is C26H53NP2. The van der Waals surface area contributed by atoms with Crippen LogP contribution in [-0.2, 0) is 0 Å². The summed E-state index contributed by atoms with van der Waals surface area (Å²) < 4.78 is 0. The van der Waals surface area contributed by atoms with E-state index < -0.39 is 0 Å². The molecule has 0 amide bonds. The first kappa shape index (κ1) is 27.6. The Bertz CT molecular complexity index is 430. The number of nitrogens with one attached hydrogen (secondary N) is 1. The smallest absolute Gasteiger partial charge is 0.00644 e. The van der Waals surface area contributed by atoms with Crippen molar-refractivity contribution in [1.82, 2.24) is 5.32 Å². The third kappa shape index (κ3) is 10.1. The first-order valence-corrected chi connectivity index (χ1v) is 14.6. The minimum atomic E-state index is 0.548. The molecule has 172 valence electrons. The molecule has 0 aromatic heterocycles. The van der Waals surface area contributed by atoms with Gasteiger partial charge in [0.1, 0.15) is 0 Å². The fourth-order valence-electron chi connectivity index (χ4n) is 5.15. The van der Waals surface area contributed by atoms with Crippen LogP contribution in [-0.4, -0.2) is 30.1 Å². The maximum absolute atomic E-state index is 3.64. The standard InChI is InChI=1S/C26H53NP2/c1-7-26(8-2,19-17-24(27-6)16-15-21(3)4)29-25-22(5)13-11-9-10-12-14-23(25)18-20-28/h11,13,21-25,27,29H,7-10,12,14-20,28H2,1-6H3. The van der Waals surface area contributed by atoms with Gasteiger partial charge in [-0.2, -0.15) is 0 Å². The molecule has 0 aromatic rings. The average Bonchev–Trinajstić information content (AvgIpc) is 2.79. The molecule has 1 nitrogen and oxygen atoms in total. The van der Waals surface area contributed by atoms with Crippen LogP contribution in [0.1, 0.15) is 105 Å². The summed E-state index contributed by atoms with van der Waals surface area (Å²) in [4.78, 5) is 0. The van der Waals surface area contributed by atoms with E-state index in [9.17, 15) is 0 Å². The minimum absolute atomic E-state index is 0.548. The van der Waals surface area contributed by atoms with E-state index in [1.54, 1.807) is 0 Å². The van der Waals surface area contributed by atoms with E-state index in [1.165, 1.54) is 76.8 Å². The van der Waals surface area contributed by atoms with Crippen LogP contribution in [0.5, 0.6) is 0 Å². The summed E-state index contributed by atoms with van der Waals surface area (Å²) in [5.41, 5.74) is 0.883. The van der Waals surface area contributed by atoms with E-state index in [0.29, 0.717) is 11.2 Å². The Morgan fingerprint density at radius 2 is 1.86 bits per heavy atom. The van der Waals surface area contributed by atoms with E-state index in [0.717, 1.165) is 32.0 Å². The van der Waals surface area contributed by atoms with Crippen molar-refractivity contribution >= 4 is 17.8 Å². The molecule has 3 heteroatoms. The summed E-state index contributed by atoms with van der Waals surface area (Å²) in [5.74, 6) is 2.47. The van der Waals surface area contributed by atoms with Gasteiger partial charge in [-0.3, -0.25) is 0 Å². The van der Waals surface area contributed by atoms with E-state index in [1.807, 2.05) is 0 Å². The molecule has 29 heavy (non-hydrogen) atoms. The molecule has 6 unspecified atom stereocenters. The van der Waals surface area contributed by atoms with E-state index in [4.69, 9.17) is 0 Å². The molecule has 0 fully saturated rings. The highest BCUT2D eigenvalue weighted by molar-refractivity contribution is 7.41. The Morgan fingerprint density at radius 3 is 2.45 bits per heavy atom. The zero-order valence-corrected chi connectivity index (χ0v) is 22.8. The normalized spacial score (nSPS) is 25.3. The molecule has 0 radical (unpaired) electrons. The largest absolute Gasteiger partial charge is 0.317 e. The Balaban J connectivity index is 2.91. The molecule has 6 atom stereocenters. The van der Waals surface area contributed by atoms with Crippen LogP contribution >= 0.6 is 17.8 Å². The van der Waals surface area contributed by atoms with Crippen LogP contribution in [0.4, 0.5) is 0 Å². The first-order chi connectivity index (χ1) is 13.9. The van der Waals surface area contributed by atoms with Crippen LogP contribution in [0.2, 0.25) is 0 Å².